The number of carbonyl (C=O) groups is 1. The fourth-order valence-electron chi connectivity index (χ4n) is 0.910. The first kappa shape index (κ1) is 9.38. The minimum Gasteiger partial charge on any atom is -0.267 e. The van der Waals surface area contributed by atoms with E-state index in [2.05, 4.69) is 10.5 Å². The van der Waals surface area contributed by atoms with Crippen molar-refractivity contribution in [3.63, 3.8) is 0 Å². The topological polar surface area (TPSA) is 45.3 Å². The molecule has 0 aliphatic carbocycles. The lowest BCUT2D eigenvalue weighted by Crippen LogP contribution is -2.29. The molecule has 13 heavy (non-hydrogen) atoms. The zero-order valence-electron chi connectivity index (χ0n) is 7.69. The number of hydrogen-bond donors (Lipinski definition) is 1. The Kier molecular flexibility index (Phi) is 3.14. The second-order valence-corrected chi connectivity index (χ2v) is 2.59. The van der Waals surface area contributed by atoms with Gasteiger partial charge in [0.1, 0.15) is 12.6 Å². The third kappa shape index (κ3) is 2.66. The van der Waals surface area contributed by atoms with E-state index in [-0.39, 0.29) is 5.91 Å². The molecule has 1 heterocycles. The predicted octanol–water partition coefficient (Wildman–Crippen LogP) is 0.247. The number of nitrogens with one attached hydrogen (secondary N) is 1. The van der Waals surface area contributed by atoms with Crippen LogP contribution >= 0.6 is 0 Å². The maximum atomic E-state index is 11.3. The molecule has 4 heteroatoms. The van der Waals surface area contributed by atoms with Crippen molar-refractivity contribution in [2.75, 3.05) is 0 Å². The number of rotatable bonds is 2. The Balaban J connectivity index is 2.77. The molecule has 0 aliphatic heterocycles. The molecule has 0 atom stereocenters. The lowest BCUT2D eigenvalue weighted by Gasteiger charge is -1.96. The van der Waals surface area contributed by atoms with Gasteiger partial charge in [-0.1, -0.05) is 0 Å². The first-order valence-corrected chi connectivity index (χ1v) is 3.97. The van der Waals surface area contributed by atoms with Gasteiger partial charge < -0.3 is 0 Å². The monoisotopic (exact) mass is 178 g/mol. The van der Waals surface area contributed by atoms with Gasteiger partial charge in [0.25, 0.3) is 5.91 Å². The van der Waals surface area contributed by atoms with Crippen LogP contribution in [-0.2, 0) is 7.05 Å². The normalized spacial score (nSPS) is 10.3. The quantitative estimate of drug-likeness (QED) is 0.394. The molecule has 1 amide bonds. The van der Waals surface area contributed by atoms with Crippen LogP contribution < -0.4 is 9.99 Å². The Morgan fingerprint density at radius 3 is 3.08 bits per heavy atom. The van der Waals surface area contributed by atoms with Gasteiger partial charge in [0, 0.05) is 12.3 Å². The van der Waals surface area contributed by atoms with E-state index in [1.165, 1.54) is 6.21 Å². The van der Waals surface area contributed by atoms with Crippen molar-refractivity contribution in [2.45, 2.75) is 6.92 Å². The third-order valence-corrected chi connectivity index (χ3v) is 1.50. The van der Waals surface area contributed by atoms with Gasteiger partial charge in [-0.3, -0.25) is 4.79 Å². The second-order valence-electron chi connectivity index (χ2n) is 2.59. The van der Waals surface area contributed by atoms with E-state index in [1.807, 2.05) is 23.9 Å². The first-order valence-electron chi connectivity index (χ1n) is 3.97. The summed E-state index contributed by atoms with van der Waals surface area (Å²) in [7, 11) is 1.86. The lowest BCUT2D eigenvalue weighted by molar-refractivity contribution is -0.671. The third-order valence-electron chi connectivity index (χ3n) is 1.50. The molecule has 1 N–H and O–H groups in total. The molecule has 0 aromatic carbocycles. The van der Waals surface area contributed by atoms with E-state index in [4.69, 9.17) is 0 Å². The maximum absolute atomic E-state index is 11.3. The van der Waals surface area contributed by atoms with Crippen LogP contribution in [0.5, 0.6) is 0 Å². The highest BCUT2D eigenvalue weighted by molar-refractivity contribution is 5.93. The summed E-state index contributed by atoms with van der Waals surface area (Å²) < 4.78 is 1.81. The number of amides is 1. The molecule has 0 unspecified atom stereocenters. The highest BCUT2D eigenvalue weighted by atomic mass is 16.2. The van der Waals surface area contributed by atoms with E-state index in [0.29, 0.717) is 5.56 Å². The van der Waals surface area contributed by atoms with Crippen molar-refractivity contribution in [3.8, 4) is 0 Å². The molecule has 1 aromatic heterocycles. The number of nitrogens with zero attached hydrogens (tertiary/aromatic N) is 2. The number of hydrazone groups is 1. The average Bonchev–Trinajstić information content (AvgIpc) is 2.14. The van der Waals surface area contributed by atoms with Crippen molar-refractivity contribution < 1.29 is 9.36 Å². The van der Waals surface area contributed by atoms with Crippen LogP contribution in [0.25, 0.3) is 0 Å². The summed E-state index contributed by atoms with van der Waals surface area (Å²) in [6, 6.07) is 3.55. The summed E-state index contributed by atoms with van der Waals surface area (Å²) >= 11 is 0. The smallest absolute Gasteiger partial charge is 0.267 e. The molecule has 1 rings (SSSR count). The molecule has 0 bridgehead atoms. The van der Waals surface area contributed by atoms with Crippen LogP contribution in [0.15, 0.2) is 29.6 Å². The zero-order valence-corrected chi connectivity index (χ0v) is 7.69. The van der Waals surface area contributed by atoms with Crippen LogP contribution in [0.4, 0.5) is 0 Å². The van der Waals surface area contributed by atoms with Gasteiger partial charge in [0.15, 0.2) is 12.4 Å². The number of aromatic nitrogens is 1. The van der Waals surface area contributed by atoms with Crippen LogP contribution in [-0.4, -0.2) is 12.1 Å². The van der Waals surface area contributed by atoms with Gasteiger partial charge in [0.2, 0.25) is 0 Å². The molecular weight excluding hydrogens is 166 g/mol. The fourth-order valence-corrected chi connectivity index (χ4v) is 0.910. The summed E-state index contributed by atoms with van der Waals surface area (Å²) in [5, 5.41) is 3.64. The Bertz CT molecular complexity index is 333. The predicted molar refractivity (Wildman–Crippen MR) is 49.3 cm³/mol. The largest absolute Gasteiger partial charge is 0.277 e. The molecule has 1 aromatic rings. The van der Waals surface area contributed by atoms with Gasteiger partial charge in [-0.25, -0.2) is 9.99 Å². The maximum Gasteiger partial charge on any atom is 0.277 e. The molecule has 0 aliphatic rings. The van der Waals surface area contributed by atoms with E-state index in [1.54, 1.807) is 19.2 Å². The molecule has 0 saturated heterocycles. The molecule has 0 fully saturated rings. The minimum atomic E-state index is -0.200. The first-order chi connectivity index (χ1) is 6.24. The Hall–Kier alpha value is -1.71. The van der Waals surface area contributed by atoms with Gasteiger partial charge in [-0.05, 0) is 13.0 Å². The fraction of sp³-hybridized carbons (Fsp3) is 0.222. The van der Waals surface area contributed by atoms with Crippen LogP contribution in [0.1, 0.15) is 17.3 Å². The second kappa shape index (κ2) is 4.35. The van der Waals surface area contributed by atoms with Gasteiger partial charge >= 0.3 is 0 Å². The highest BCUT2D eigenvalue weighted by Gasteiger charge is 2.06. The molecule has 68 valence electrons. The molecule has 4 nitrogen and oxygen atoms in total. The molecule has 0 radical (unpaired) electrons. The molecule has 0 saturated carbocycles. The SMILES string of the molecule is C/C=N/NC(=O)c1ccc[n+](C)c1. The van der Waals surface area contributed by atoms with Crippen LogP contribution in [0, 0.1) is 0 Å². The van der Waals surface area contributed by atoms with Crippen LogP contribution in [0.3, 0.4) is 0 Å². The summed E-state index contributed by atoms with van der Waals surface area (Å²) in [5.41, 5.74) is 2.99. The van der Waals surface area contributed by atoms with Gasteiger partial charge in [-0.2, -0.15) is 5.10 Å². The van der Waals surface area contributed by atoms with Gasteiger partial charge in [-0.15, -0.1) is 0 Å². The Morgan fingerprint density at radius 1 is 1.69 bits per heavy atom. The summed E-state index contributed by atoms with van der Waals surface area (Å²) in [5.74, 6) is -0.200. The Morgan fingerprint density at radius 2 is 2.46 bits per heavy atom. The van der Waals surface area contributed by atoms with Crippen LogP contribution in [0.2, 0.25) is 0 Å². The van der Waals surface area contributed by atoms with E-state index in [0.717, 1.165) is 0 Å². The van der Waals surface area contributed by atoms with Crippen molar-refractivity contribution in [1.29, 1.82) is 0 Å². The van der Waals surface area contributed by atoms with Crippen molar-refractivity contribution in [1.82, 2.24) is 5.43 Å². The number of hydrogen-bond acceptors (Lipinski definition) is 2. The van der Waals surface area contributed by atoms with E-state index < -0.39 is 0 Å². The average molecular weight is 178 g/mol. The number of carbonyl (C=O) groups excluding carboxylic acids is 1. The summed E-state index contributed by atoms with van der Waals surface area (Å²) in [6.45, 7) is 1.74. The van der Waals surface area contributed by atoms with E-state index in [9.17, 15) is 4.79 Å². The minimum absolute atomic E-state index is 0.200. The van der Waals surface area contributed by atoms with Crippen molar-refractivity contribution in [2.24, 2.45) is 12.1 Å². The van der Waals surface area contributed by atoms with Crippen molar-refractivity contribution >= 4 is 12.1 Å². The van der Waals surface area contributed by atoms with Crippen molar-refractivity contribution in [3.05, 3.63) is 30.1 Å². The number of aryl methyl sites for hydroxylation is 1. The zero-order chi connectivity index (χ0) is 9.68. The Labute approximate surface area is 76.9 Å². The number of pyridine rings is 1. The standard InChI is InChI=1S/C9H11N3O/c1-3-10-11-9(13)8-5-4-6-12(2)7-8/h3-7H,1-2H3/p+1/b10-3+. The van der Waals surface area contributed by atoms with Gasteiger partial charge in [0.05, 0.1) is 0 Å². The molecular formula is C9H12N3O+. The summed E-state index contributed by atoms with van der Waals surface area (Å²) in [6.07, 6.45) is 5.13. The lowest BCUT2D eigenvalue weighted by atomic mass is 10.3. The van der Waals surface area contributed by atoms with E-state index >= 15 is 0 Å². The summed E-state index contributed by atoms with van der Waals surface area (Å²) in [4.78, 5) is 11.3. The molecule has 0 spiro atoms. The highest BCUT2D eigenvalue weighted by Crippen LogP contribution is 1.92.